The molecule has 0 spiro atoms. The number of quaternary nitrogens is 1. The number of aliphatic imine (C=N–C) groups is 2. The lowest BCUT2D eigenvalue weighted by Crippen LogP contribution is -2.53. The van der Waals surface area contributed by atoms with Crippen LogP contribution in [-0.4, -0.2) is 51.4 Å². The average molecular weight is 523 g/mol. The van der Waals surface area contributed by atoms with Crippen molar-refractivity contribution in [3.05, 3.63) is 83.1 Å². The highest BCUT2D eigenvalue weighted by Crippen LogP contribution is 2.34. The van der Waals surface area contributed by atoms with E-state index >= 15 is 0 Å². The molecular weight excluding hydrogens is 499 g/mol. The minimum absolute atomic E-state index is 0.191. The lowest BCUT2D eigenvalue weighted by atomic mass is 10.1. The summed E-state index contributed by atoms with van der Waals surface area (Å²) in [5, 5.41) is 2.37. The first-order chi connectivity index (χ1) is 18.0. The molecule has 2 aromatic rings. The Labute approximate surface area is 216 Å². The van der Waals surface area contributed by atoms with E-state index in [4.69, 9.17) is 10.8 Å². The zero-order chi connectivity index (χ0) is 27.7. The van der Waals surface area contributed by atoms with Crippen LogP contribution in [0.5, 0.6) is 0 Å². The number of allylic oxidation sites excluding steroid dienone is 1. The van der Waals surface area contributed by atoms with E-state index in [0.29, 0.717) is 22.8 Å². The lowest BCUT2D eigenvalue weighted by molar-refractivity contribution is -0.750. The van der Waals surface area contributed by atoms with Crippen molar-refractivity contribution in [1.29, 1.82) is 0 Å². The molecule has 0 saturated heterocycles. The number of nitrogens with two attached hydrogens (primary N) is 1. The SMILES string of the molecule is CC#CC(=O)N(C)C(C)C1=C2C=NC=C[N+]2(N)C(c2ccc(C(=O)Nc3cc(C(F)(F)F)ccn3)cc2)=N1. The number of carbonyl (C=O) groups is 2. The Morgan fingerprint density at radius 3 is 2.55 bits per heavy atom. The number of rotatable bonds is 5. The van der Waals surface area contributed by atoms with Crippen molar-refractivity contribution in [2.45, 2.75) is 26.1 Å². The van der Waals surface area contributed by atoms with Gasteiger partial charge in [0.2, 0.25) is 5.70 Å². The summed E-state index contributed by atoms with van der Waals surface area (Å²) in [4.78, 5) is 39.2. The highest BCUT2D eigenvalue weighted by atomic mass is 19.4. The van der Waals surface area contributed by atoms with Crippen LogP contribution in [0.4, 0.5) is 19.0 Å². The maximum absolute atomic E-state index is 13.0. The molecule has 2 atom stereocenters. The Balaban J connectivity index is 1.60. The fourth-order valence-corrected chi connectivity index (χ4v) is 3.90. The summed E-state index contributed by atoms with van der Waals surface area (Å²) in [5.74, 6) is 11.0. The number of nitrogens with zero attached hydrogens (tertiary/aromatic N) is 5. The summed E-state index contributed by atoms with van der Waals surface area (Å²) in [6, 6.07) is 7.37. The second-order valence-corrected chi connectivity index (χ2v) is 8.49. The van der Waals surface area contributed by atoms with Crippen molar-refractivity contribution in [2.24, 2.45) is 15.8 Å². The molecule has 0 saturated carbocycles. The summed E-state index contributed by atoms with van der Waals surface area (Å²) >= 11 is 0. The zero-order valence-corrected chi connectivity index (χ0v) is 20.6. The van der Waals surface area contributed by atoms with Crippen LogP contribution >= 0.6 is 0 Å². The number of alkyl halides is 3. The van der Waals surface area contributed by atoms with Crippen LogP contribution in [0.25, 0.3) is 0 Å². The molecule has 194 valence electrons. The Morgan fingerprint density at radius 2 is 1.89 bits per heavy atom. The Bertz CT molecular complexity index is 1480. The molecule has 38 heavy (non-hydrogen) atoms. The number of fused-ring (bicyclic) bond motifs is 1. The summed E-state index contributed by atoms with van der Waals surface area (Å²) in [7, 11) is 1.62. The molecular formula is C26H23F3N7O2+. The first-order valence-electron chi connectivity index (χ1n) is 11.3. The number of halogens is 3. The van der Waals surface area contributed by atoms with Crippen molar-refractivity contribution in [3.63, 3.8) is 0 Å². The van der Waals surface area contributed by atoms with Crippen molar-refractivity contribution in [3.8, 4) is 11.8 Å². The average Bonchev–Trinajstić information content (AvgIpc) is 3.20. The monoisotopic (exact) mass is 522 g/mol. The molecule has 0 radical (unpaired) electrons. The smallest absolute Gasteiger partial charge is 0.326 e. The minimum Gasteiger partial charge on any atom is -0.326 e. The van der Waals surface area contributed by atoms with Gasteiger partial charge in [0.1, 0.15) is 17.7 Å². The van der Waals surface area contributed by atoms with Crippen LogP contribution in [0.1, 0.15) is 35.3 Å². The molecule has 1 aromatic heterocycles. The number of carbonyl (C=O) groups excluding carboxylic acids is 2. The number of pyridine rings is 1. The first-order valence-corrected chi connectivity index (χ1v) is 11.3. The van der Waals surface area contributed by atoms with E-state index in [1.807, 2.05) is 0 Å². The molecule has 3 heterocycles. The number of aromatic nitrogens is 1. The van der Waals surface area contributed by atoms with E-state index in [9.17, 15) is 22.8 Å². The molecule has 9 nitrogen and oxygen atoms in total. The second-order valence-electron chi connectivity index (χ2n) is 8.49. The highest BCUT2D eigenvalue weighted by molar-refractivity contribution is 6.05. The lowest BCUT2D eigenvalue weighted by Gasteiger charge is -2.27. The number of anilines is 1. The largest absolute Gasteiger partial charge is 0.416 e. The maximum Gasteiger partial charge on any atom is 0.416 e. The third-order valence-corrected chi connectivity index (χ3v) is 6.09. The van der Waals surface area contributed by atoms with Crippen LogP contribution in [0.15, 0.2) is 76.4 Å². The fraction of sp³-hybridized carbons (Fsp3) is 0.192. The predicted molar refractivity (Wildman–Crippen MR) is 135 cm³/mol. The van der Waals surface area contributed by atoms with Gasteiger partial charge in [0.15, 0.2) is 0 Å². The molecule has 0 fully saturated rings. The molecule has 12 heteroatoms. The third kappa shape index (κ3) is 4.97. The van der Waals surface area contributed by atoms with Crippen LogP contribution < -0.4 is 11.2 Å². The Kier molecular flexibility index (Phi) is 6.99. The van der Waals surface area contributed by atoms with Gasteiger partial charge in [0, 0.05) is 18.8 Å². The van der Waals surface area contributed by atoms with Crippen molar-refractivity contribution in [1.82, 2.24) is 9.88 Å². The first kappa shape index (κ1) is 26.5. The molecule has 4 rings (SSSR count). The van der Waals surface area contributed by atoms with Gasteiger partial charge in [-0.2, -0.15) is 24.0 Å². The number of nitrogens with one attached hydrogen (secondary N) is 1. The van der Waals surface area contributed by atoms with Crippen LogP contribution in [0, 0.1) is 11.8 Å². The highest BCUT2D eigenvalue weighted by Gasteiger charge is 2.46. The standard InChI is InChI=1S/C26H22F3N7O2/c1-4-5-22(37)35(3)16(2)23-20-15-31-12-13-36(20,30)24(34-23)17-6-8-18(9-7-17)25(38)33-21-14-19(10-11-32-21)26(27,28)29/h6-16H,30H2,1-3H3/p+1. The van der Waals surface area contributed by atoms with Gasteiger partial charge in [-0.25, -0.2) is 4.98 Å². The number of amides is 2. The van der Waals surface area contributed by atoms with Gasteiger partial charge in [0.25, 0.3) is 17.6 Å². The van der Waals surface area contributed by atoms with E-state index in [-0.39, 0.29) is 21.9 Å². The summed E-state index contributed by atoms with van der Waals surface area (Å²) in [5.41, 5.74) is 0.951. The minimum atomic E-state index is -4.56. The van der Waals surface area contributed by atoms with Gasteiger partial charge < -0.3 is 10.2 Å². The molecule has 2 aliphatic rings. The van der Waals surface area contributed by atoms with Gasteiger partial charge in [-0.3, -0.25) is 14.6 Å². The van der Waals surface area contributed by atoms with Crippen molar-refractivity contribution in [2.75, 3.05) is 12.4 Å². The van der Waals surface area contributed by atoms with E-state index in [2.05, 4.69) is 27.1 Å². The zero-order valence-electron chi connectivity index (χ0n) is 20.6. The molecule has 3 N–H and O–H groups in total. The number of likely N-dealkylation sites (N-methyl/N-ethyl adjacent to an activating group) is 1. The molecule has 1 aromatic carbocycles. The van der Waals surface area contributed by atoms with Gasteiger partial charge >= 0.3 is 6.18 Å². The molecule has 2 unspecified atom stereocenters. The number of hydrogen-bond donors (Lipinski definition) is 2. The van der Waals surface area contributed by atoms with Crippen molar-refractivity contribution >= 4 is 29.7 Å². The maximum atomic E-state index is 13.0. The fourth-order valence-electron chi connectivity index (χ4n) is 3.90. The number of amidine groups is 1. The molecule has 0 aliphatic carbocycles. The van der Waals surface area contributed by atoms with E-state index in [1.54, 1.807) is 45.4 Å². The van der Waals surface area contributed by atoms with Crippen LogP contribution in [0.2, 0.25) is 0 Å². The van der Waals surface area contributed by atoms with Crippen molar-refractivity contribution < 1.29 is 27.4 Å². The molecule has 0 bridgehead atoms. The van der Waals surface area contributed by atoms with Gasteiger partial charge in [-0.05, 0) is 56.2 Å². The molecule has 2 amide bonds. The van der Waals surface area contributed by atoms with Crippen LogP contribution in [0.3, 0.4) is 0 Å². The molecule has 2 aliphatic heterocycles. The number of hydrogen-bond acceptors (Lipinski definition) is 6. The second kappa shape index (κ2) is 10.0. The van der Waals surface area contributed by atoms with Gasteiger partial charge in [-0.1, -0.05) is 5.92 Å². The summed E-state index contributed by atoms with van der Waals surface area (Å²) in [6.45, 7) is 3.38. The summed E-state index contributed by atoms with van der Waals surface area (Å²) < 4.78 is 38.6. The quantitative estimate of drug-likeness (QED) is 0.356. The van der Waals surface area contributed by atoms with E-state index in [0.717, 1.165) is 18.3 Å². The topological polar surface area (TPSA) is 113 Å². The number of benzene rings is 1. The van der Waals surface area contributed by atoms with Gasteiger partial charge in [0.05, 0.1) is 29.6 Å². The van der Waals surface area contributed by atoms with Crippen LogP contribution in [-0.2, 0) is 11.0 Å². The van der Waals surface area contributed by atoms with E-state index < -0.39 is 23.7 Å². The Morgan fingerprint density at radius 1 is 1.18 bits per heavy atom. The predicted octanol–water partition coefficient (Wildman–Crippen LogP) is 3.44. The Hall–Kier alpha value is -4.60. The van der Waals surface area contributed by atoms with E-state index in [1.165, 1.54) is 23.2 Å². The third-order valence-electron chi connectivity index (χ3n) is 6.09. The summed E-state index contributed by atoms with van der Waals surface area (Å²) in [6.07, 6.45) is 1.17. The van der Waals surface area contributed by atoms with Gasteiger partial charge in [-0.15, -0.1) is 4.59 Å². The normalized spacial score (nSPS) is 18.8.